The van der Waals surface area contributed by atoms with E-state index in [1.165, 1.54) is 19.1 Å². The van der Waals surface area contributed by atoms with Crippen molar-refractivity contribution in [3.05, 3.63) is 29.1 Å². The number of thioether (sulfide) groups is 1. The number of halogens is 1. The second-order valence-electron chi connectivity index (χ2n) is 5.44. The highest BCUT2D eigenvalue weighted by molar-refractivity contribution is 8.00. The fourth-order valence-corrected chi connectivity index (χ4v) is 4.68. The lowest BCUT2D eigenvalue weighted by Gasteiger charge is -2.40. The van der Waals surface area contributed by atoms with Gasteiger partial charge in [0.15, 0.2) is 0 Å². The highest BCUT2D eigenvalue weighted by atomic mass is 32.2. The number of aliphatic hydroxyl groups is 1. The Morgan fingerprint density at radius 3 is 2.57 bits per heavy atom. The van der Waals surface area contributed by atoms with E-state index < -0.39 is 22.4 Å². The molecule has 0 heterocycles. The van der Waals surface area contributed by atoms with Gasteiger partial charge in [0, 0.05) is 16.9 Å². The van der Waals surface area contributed by atoms with Crippen molar-refractivity contribution in [3.8, 4) is 0 Å². The highest BCUT2D eigenvalue weighted by Crippen LogP contribution is 2.42. The zero-order chi connectivity index (χ0) is 15.7. The quantitative estimate of drug-likeness (QED) is 0.837. The molecule has 21 heavy (non-hydrogen) atoms. The van der Waals surface area contributed by atoms with E-state index in [-0.39, 0.29) is 20.8 Å². The smallest absolute Gasteiger partial charge is 0.240 e. The van der Waals surface area contributed by atoms with Gasteiger partial charge < -0.3 is 5.11 Å². The van der Waals surface area contributed by atoms with Crippen LogP contribution in [0, 0.1) is 12.7 Å². The van der Waals surface area contributed by atoms with Crippen LogP contribution >= 0.6 is 11.8 Å². The molecule has 4 nitrogen and oxygen atoms in total. The third-order valence-corrected chi connectivity index (χ3v) is 6.87. The molecule has 118 valence electrons. The van der Waals surface area contributed by atoms with Crippen LogP contribution in [0.5, 0.6) is 0 Å². The molecule has 1 fully saturated rings. The zero-order valence-corrected chi connectivity index (χ0v) is 13.8. The molecule has 2 rings (SSSR count). The lowest BCUT2D eigenvalue weighted by molar-refractivity contribution is 0.275. The van der Waals surface area contributed by atoms with Crippen molar-refractivity contribution in [2.45, 2.75) is 42.4 Å². The summed E-state index contributed by atoms with van der Waals surface area (Å²) >= 11 is 1.68. The Balaban J connectivity index is 2.21. The number of aryl methyl sites for hydroxylation is 1. The molecule has 1 aliphatic rings. The summed E-state index contributed by atoms with van der Waals surface area (Å²) in [6.07, 6.45) is 5.11. The van der Waals surface area contributed by atoms with Crippen LogP contribution in [-0.4, -0.2) is 31.1 Å². The van der Waals surface area contributed by atoms with Gasteiger partial charge in [-0.25, -0.2) is 17.5 Å². The van der Waals surface area contributed by atoms with Crippen molar-refractivity contribution in [2.24, 2.45) is 0 Å². The summed E-state index contributed by atoms with van der Waals surface area (Å²) in [5.41, 5.74) is 0.212. The molecule has 0 spiro atoms. The molecule has 1 aliphatic carbocycles. The molecular weight excluding hydrogens is 313 g/mol. The Kier molecular flexibility index (Phi) is 4.97. The van der Waals surface area contributed by atoms with E-state index in [0.717, 1.165) is 19.3 Å². The Labute approximate surface area is 129 Å². The summed E-state index contributed by atoms with van der Waals surface area (Å²) in [5, 5.41) is 9.12. The maximum Gasteiger partial charge on any atom is 0.240 e. The molecule has 0 atom stereocenters. The highest BCUT2D eigenvalue weighted by Gasteiger charge is 2.37. The van der Waals surface area contributed by atoms with Gasteiger partial charge in [-0.15, -0.1) is 0 Å². The summed E-state index contributed by atoms with van der Waals surface area (Å²) < 4.78 is 41.0. The van der Waals surface area contributed by atoms with Gasteiger partial charge in [-0.1, -0.05) is 6.42 Å². The Morgan fingerprint density at radius 1 is 1.43 bits per heavy atom. The summed E-state index contributed by atoms with van der Waals surface area (Å²) in [4.78, 5) is 0.000950. The molecule has 1 saturated carbocycles. The predicted molar refractivity (Wildman–Crippen MR) is 82.3 cm³/mol. The van der Waals surface area contributed by atoms with Crippen molar-refractivity contribution in [1.29, 1.82) is 0 Å². The van der Waals surface area contributed by atoms with Crippen molar-refractivity contribution >= 4 is 21.8 Å². The number of hydrogen-bond donors (Lipinski definition) is 2. The van der Waals surface area contributed by atoms with Crippen LogP contribution in [0.4, 0.5) is 4.39 Å². The predicted octanol–water partition coefficient (Wildman–Crippen LogP) is 2.19. The van der Waals surface area contributed by atoms with E-state index in [4.69, 9.17) is 5.11 Å². The summed E-state index contributed by atoms with van der Waals surface area (Å²) in [7, 11) is -3.69. The Morgan fingerprint density at radius 2 is 2.10 bits per heavy atom. The first-order chi connectivity index (χ1) is 9.83. The first kappa shape index (κ1) is 16.7. The molecule has 0 unspecified atom stereocenters. The van der Waals surface area contributed by atoms with Gasteiger partial charge in [0.05, 0.1) is 11.5 Å². The standard InChI is InChI=1S/C14H20FNO3S2/c1-10-6-12(7-11(8-17)13(10)15)21(18,19)16-9-14(20-2)4-3-5-14/h6-7,16-17H,3-5,8-9H2,1-2H3. The van der Waals surface area contributed by atoms with E-state index >= 15 is 0 Å². The SMILES string of the molecule is CSC1(CNS(=O)(=O)c2cc(C)c(F)c(CO)c2)CCC1. The van der Waals surface area contributed by atoms with Crippen LogP contribution in [0.25, 0.3) is 0 Å². The fourth-order valence-electron chi connectivity index (χ4n) is 2.41. The monoisotopic (exact) mass is 333 g/mol. The molecule has 0 bridgehead atoms. The number of rotatable bonds is 6. The second kappa shape index (κ2) is 6.24. The molecule has 0 aliphatic heterocycles. The van der Waals surface area contributed by atoms with Crippen molar-refractivity contribution in [3.63, 3.8) is 0 Å². The van der Waals surface area contributed by atoms with E-state index in [9.17, 15) is 12.8 Å². The number of hydrogen-bond acceptors (Lipinski definition) is 4. The van der Waals surface area contributed by atoms with Crippen LogP contribution in [0.1, 0.15) is 30.4 Å². The third kappa shape index (κ3) is 3.41. The van der Waals surface area contributed by atoms with Gasteiger partial charge in [-0.3, -0.25) is 0 Å². The lowest BCUT2D eigenvalue weighted by Crippen LogP contribution is -2.45. The first-order valence-electron chi connectivity index (χ1n) is 6.78. The normalized spacial score (nSPS) is 17.5. The van der Waals surface area contributed by atoms with Crippen molar-refractivity contribution in [2.75, 3.05) is 12.8 Å². The van der Waals surface area contributed by atoms with Crippen LogP contribution in [0.15, 0.2) is 17.0 Å². The molecule has 0 radical (unpaired) electrons. The summed E-state index contributed by atoms with van der Waals surface area (Å²) in [6, 6.07) is 2.49. The molecule has 1 aromatic carbocycles. The topological polar surface area (TPSA) is 66.4 Å². The van der Waals surface area contributed by atoms with E-state index in [2.05, 4.69) is 4.72 Å². The Bertz CT molecular complexity index is 622. The van der Waals surface area contributed by atoms with Crippen LogP contribution in [0.2, 0.25) is 0 Å². The van der Waals surface area contributed by atoms with E-state index in [1.807, 2.05) is 6.26 Å². The first-order valence-corrected chi connectivity index (χ1v) is 9.49. The van der Waals surface area contributed by atoms with E-state index in [0.29, 0.717) is 6.54 Å². The van der Waals surface area contributed by atoms with Gasteiger partial charge in [0.25, 0.3) is 0 Å². The average Bonchev–Trinajstić information content (AvgIpc) is 2.40. The average molecular weight is 333 g/mol. The molecule has 1 aromatic rings. The van der Waals surface area contributed by atoms with Gasteiger partial charge in [-0.05, 0) is 43.7 Å². The van der Waals surface area contributed by atoms with E-state index in [1.54, 1.807) is 11.8 Å². The maximum atomic E-state index is 13.7. The maximum absolute atomic E-state index is 13.7. The van der Waals surface area contributed by atoms with Crippen LogP contribution in [0.3, 0.4) is 0 Å². The fraction of sp³-hybridized carbons (Fsp3) is 0.571. The Hall–Kier alpha value is -0.630. The van der Waals surface area contributed by atoms with Gasteiger partial charge in [0.1, 0.15) is 5.82 Å². The van der Waals surface area contributed by atoms with Gasteiger partial charge >= 0.3 is 0 Å². The minimum Gasteiger partial charge on any atom is -0.392 e. The molecule has 0 saturated heterocycles. The van der Waals surface area contributed by atoms with Crippen molar-refractivity contribution < 1.29 is 17.9 Å². The van der Waals surface area contributed by atoms with Gasteiger partial charge in [0.2, 0.25) is 10.0 Å². The zero-order valence-electron chi connectivity index (χ0n) is 12.1. The third-order valence-electron chi connectivity index (χ3n) is 4.07. The molecule has 0 aromatic heterocycles. The number of sulfonamides is 1. The molecule has 2 N–H and O–H groups in total. The molecule has 7 heteroatoms. The minimum absolute atomic E-state index is 0.000950. The summed E-state index contributed by atoms with van der Waals surface area (Å²) in [5.74, 6) is -0.559. The van der Waals surface area contributed by atoms with Crippen molar-refractivity contribution in [1.82, 2.24) is 4.72 Å². The molecular formula is C14H20FNO3S2. The second-order valence-corrected chi connectivity index (χ2v) is 8.48. The lowest BCUT2D eigenvalue weighted by atomic mass is 9.84. The number of benzene rings is 1. The largest absolute Gasteiger partial charge is 0.392 e. The van der Waals surface area contributed by atoms with Crippen LogP contribution in [-0.2, 0) is 16.6 Å². The summed E-state index contributed by atoms with van der Waals surface area (Å²) in [6.45, 7) is 1.34. The molecule has 0 amide bonds. The minimum atomic E-state index is -3.69. The van der Waals surface area contributed by atoms with Crippen LogP contribution < -0.4 is 4.72 Å². The number of aliphatic hydroxyl groups excluding tert-OH is 1. The van der Waals surface area contributed by atoms with Gasteiger partial charge in [-0.2, -0.15) is 11.8 Å². The number of nitrogens with one attached hydrogen (secondary N) is 1.